The first-order chi connectivity index (χ1) is 11.4. The van der Waals surface area contributed by atoms with Crippen molar-refractivity contribution in [3.05, 3.63) is 12.1 Å². The molecule has 0 aliphatic carbocycles. The third-order valence-corrected chi connectivity index (χ3v) is 3.86. The van der Waals surface area contributed by atoms with Gasteiger partial charge >= 0.3 is 6.09 Å². The van der Waals surface area contributed by atoms with E-state index < -0.39 is 11.7 Å². The predicted molar refractivity (Wildman–Crippen MR) is 87.8 cm³/mol. The topological polar surface area (TPSA) is 97.5 Å². The van der Waals surface area contributed by atoms with Gasteiger partial charge in [-0.2, -0.15) is 0 Å². The minimum Gasteiger partial charge on any atom is -0.444 e. The number of hydrogen-bond donors (Lipinski definition) is 1. The van der Waals surface area contributed by atoms with E-state index >= 15 is 0 Å². The molecule has 2 aromatic rings. The molecule has 1 aliphatic heterocycles. The molecule has 1 saturated heterocycles. The summed E-state index contributed by atoms with van der Waals surface area (Å²) in [5.41, 5.74) is 0.113. The van der Waals surface area contributed by atoms with Gasteiger partial charge in [0.15, 0.2) is 11.5 Å². The molecule has 0 spiro atoms. The zero-order valence-electron chi connectivity index (χ0n) is 14.3. The second kappa shape index (κ2) is 6.58. The SMILES string of the molecule is CC(C)(C)OC(=O)NCC1CCCCN1c1ccc2nnnn2n1. The number of rotatable bonds is 3. The molecule has 24 heavy (non-hydrogen) atoms. The highest BCUT2D eigenvalue weighted by Gasteiger charge is 2.25. The van der Waals surface area contributed by atoms with Crippen LogP contribution in [0, 0.1) is 0 Å². The van der Waals surface area contributed by atoms with Crippen molar-refractivity contribution in [3.63, 3.8) is 0 Å². The molecule has 0 saturated carbocycles. The monoisotopic (exact) mass is 333 g/mol. The summed E-state index contributed by atoms with van der Waals surface area (Å²) in [6.07, 6.45) is 2.82. The fourth-order valence-corrected chi connectivity index (χ4v) is 2.82. The van der Waals surface area contributed by atoms with E-state index in [1.54, 1.807) is 0 Å². The number of piperidine rings is 1. The molecule has 9 nitrogen and oxygen atoms in total. The Labute approximate surface area is 140 Å². The van der Waals surface area contributed by atoms with Crippen molar-refractivity contribution in [1.29, 1.82) is 0 Å². The first kappa shape index (κ1) is 16.4. The standard InChI is InChI=1S/C15H23N7O2/c1-15(2,3)24-14(23)16-10-11-6-4-5-9-21(11)13-8-7-12-17-19-20-22(12)18-13/h7-8,11H,4-6,9-10H2,1-3H3,(H,16,23). The van der Waals surface area contributed by atoms with Crippen molar-refractivity contribution in [2.75, 3.05) is 18.0 Å². The molecule has 0 aromatic carbocycles. The molecule has 1 N–H and O–H groups in total. The van der Waals surface area contributed by atoms with Gasteiger partial charge in [-0.25, -0.2) is 4.79 Å². The summed E-state index contributed by atoms with van der Waals surface area (Å²) in [5, 5.41) is 18.6. The number of hydrogen-bond acceptors (Lipinski definition) is 7. The number of carbonyl (C=O) groups is 1. The summed E-state index contributed by atoms with van der Waals surface area (Å²) in [7, 11) is 0. The Hall–Kier alpha value is -2.45. The van der Waals surface area contributed by atoms with E-state index in [1.165, 1.54) is 4.63 Å². The Morgan fingerprint density at radius 3 is 3.00 bits per heavy atom. The number of aromatic nitrogens is 5. The molecule has 0 radical (unpaired) electrons. The second-order valence-electron chi connectivity index (χ2n) is 6.94. The summed E-state index contributed by atoms with van der Waals surface area (Å²) >= 11 is 0. The fourth-order valence-electron chi connectivity index (χ4n) is 2.82. The minimum absolute atomic E-state index is 0.174. The Kier molecular flexibility index (Phi) is 4.50. The van der Waals surface area contributed by atoms with E-state index in [2.05, 4.69) is 30.8 Å². The number of anilines is 1. The molecule has 1 amide bonds. The number of nitrogens with zero attached hydrogens (tertiary/aromatic N) is 6. The fraction of sp³-hybridized carbons (Fsp3) is 0.667. The molecule has 2 aromatic heterocycles. The molecule has 1 fully saturated rings. The van der Waals surface area contributed by atoms with Gasteiger partial charge in [-0.05, 0) is 62.6 Å². The van der Waals surface area contributed by atoms with Gasteiger partial charge < -0.3 is 15.0 Å². The highest BCUT2D eigenvalue weighted by atomic mass is 16.6. The van der Waals surface area contributed by atoms with Crippen molar-refractivity contribution in [2.24, 2.45) is 0 Å². The van der Waals surface area contributed by atoms with E-state index in [4.69, 9.17) is 4.74 Å². The van der Waals surface area contributed by atoms with Crippen molar-refractivity contribution in [3.8, 4) is 0 Å². The molecule has 1 aliphatic rings. The average Bonchev–Trinajstić information content (AvgIpc) is 2.99. The number of tetrazole rings is 1. The first-order valence-corrected chi connectivity index (χ1v) is 8.21. The molecular weight excluding hydrogens is 310 g/mol. The van der Waals surface area contributed by atoms with Gasteiger partial charge in [0.25, 0.3) is 0 Å². The van der Waals surface area contributed by atoms with E-state index in [-0.39, 0.29) is 6.04 Å². The number of amides is 1. The quantitative estimate of drug-likeness (QED) is 0.906. The van der Waals surface area contributed by atoms with Crippen LogP contribution in [0.5, 0.6) is 0 Å². The Balaban J connectivity index is 1.68. The molecular formula is C15H23N7O2. The number of fused-ring (bicyclic) bond motifs is 1. The Morgan fingerprint density at radius 2 is 2.21 bits per heavy atom. The van der Waals surface area contributed by atoms with Crippen LogP contribution in [-0.2, 0) is 4.74 Å². The molecule has 1 atom stereocenters. The zero-order valence-corrected chi connectivity index (χ0v) is 14.3. The molecule has 9 heteroatoms. The summed E-state index contributed by atoms with van der Waals surface area (Å²) in [4.78, 5) is 14.1. The maximum Gasteiger partial charge on any atom is 0.407 e. The van der Waals surface area contributed by atoms with Crippen LogP contribution in [-0.4, -0.2) is 56.1 Å². The highest BCUT2D eigenvalue weighted by molar-refractivity contribution is 5.67. The van der Waals surface area contributed by atoms with Gasteiger partial charge in [-0.15, -0.1) is 14.8 Å². The largest absolute Gasteiger partial charge is 0.444 e. The molecule has 1 unspecified atom stereocenters. The van der Waals surface area contributed by atoms with Gasteiger partial charge in [0.2, 0.25) is 0 Å². The van der Waals surface area contributed by atoms with Crippen LogP contribution in [0.15, 0.2) is 12.1 Å². The second-order valence-corrected chi connectivity index (χ2v) is 6.94. The van der Waals surface area contributed by atoms with E-state index in [0.29, 0.717) is 12.2 Å². The van der Waals surface area contributed by atoms with Gasteiger partial charge in [0, 0.05) is 19.1 Å². The maximum atomic E-state index is 11.9. The third-order valence-electron chi connectivity index (χ3n) is 3.86. The van der Waals surface area contributed by atoms with Gasteiger partial charge in [0.1, 0.15) is 5.60 Å². The van der Waals surface area contributed by atoms with Crippen LogP contribution in [0.25, 0.3) is 5.65 Å². The normalized spacial score (nSPS) is 18.6. The number of nitrogens with one attached hydrogen (secondary N) is 1. The Morgan fingerprint density at radius 1 is 1.38 bits per heavy atom. The minimum atomic E-state index is -0.497. The number of carbonyl (C=O) groups excluding carboxylic acids is 1. The Bertz CT molecular complexity index is 709. The van der Waals surface area contributed by atoms with Crippen LogP contribution >= 0.6 is 0 Å². The maximum absolute atomic E-state index is 11.9. The van der Waals surface area contributed by atoms with Crippen LogP contribution in [0.3, 0.4) is 0 Å². The summed E-state index contributed by atoms with van der Waals surface area (Å²) < 4.78 is 6.72. The van der Waals surface area contributed by atoms with Crippen molar-refractivity contribution in [1.82, 2.24) is 30.6 Å². The lowest BCUT2D eigenvalue weighted by Crippen LogP contribution is -2.48. The van der Waals surface area contributed by atoms with Crippen molar-refractivity contribution < 1.29 is 9.53 Å². The summed E-state index contributed by atoms with van der Waals surface area (Å²) in [6, 6.07) is 3.93. The third kappa shape index (κ3) is 3.90. The van der Waals surface area contributed by atoms with Crippen LogP contribution in [0.1, 0.15) is 40.0 Å². The lowest BCUT2D eigenvalue weighted by atomic mass is 10.0. The molecule has 3 heterocycles. The van der Waals surface area contributed by atoms with E-state index in [9.17, 15) is 4.79 Å². The number of alkyl carbamates (subject to hydrolysis) is 1. The zero-order chi connectivity index (χ0) is 17.2. The van der Waals surface area contributed by atoms with Crippen LogP contribution in [0.4, 0.5) is 10.6 Å². The molecule has 0 bridgehead atoms. The highest BCUT2D eigenvalue weighted by Crippen LogP contribution is 2.22. The summed E-state index contributed by atoms with van der Waals surface area (Å²) in [5.74, 6) is 0.811. The van der Waals surface area contributed by atoms with Gasteiger partial charge in [-0.3, -0.25) is 0 Å². The molecule has 3 rings (SSSR count). The summed E-state index contributed by atoms with van der Waals surface area (Å²) in [6.45, 7) is 6.96. The van der Waals surface area contributed by atoms with Crippen molar-refractivity contribution in [2.45, 2.75) is 51.7 Å². The average molecular weight is 333 g/mol. The molecule has 130 valence electrons. The van der Waals surface area contributed by atoms with Gasteiger partial charge in [-0.1, -0.05) is 0 Å². The lowest BCUT2D eigenvalue weighted by Gasteiger charge is -2.36. The van der Waals surface area contributed by atoms with E-state index in [0.717, 1.165) is 31.6 Å². The number of ether oxygens (including phenoxy) is 1. The predicted octanol–water partition coefficient (Wildman–Crippen LogP) is 1.40. The first-order valence-electron chi connectivity index (χ1n) is 8.21. The van der Waals surface area contributed by atoms with Crippen molar-refractivity contribution >= 4 is 17.6 Å². The van der Waals surface area contributed by atoms with Crippen LogP contribution < -0.4 is 10.2 Å². The van der Waals surface area contributed by atoms with E-state index in [1.807, 2.05) is 32.9 Å². The lowest BCUT2D eigenvalue weighted by molar-refractivity contribution is 0.0523. The van der Waals surface area contributed by atoms with Crippen LogP contribution in [0.2, 0.25) is 0 Å². The smallest absolute Gasteiger partial charge is 0.407 e. The van der Waals surface area contributed by atoms with Gasteiger partial charge in [0.05, 0.1) is 0 Å².